The van der Waals surface area contributed by atoms with E-state index in [4.69, 9.17) is 5.84 Å². The molecule has 0 aliphatic carbocycles. The molecule has 0 aliphatic rings. The highest BCUT2D eigenvalue weighted by atomic mass is 79.9. The van der Waals surface area contributed by atoms with Crippen molar-refractivity contribution in [2.45, 2.75) is 18.9 Å². The molecule has 0 aliphatic heterocycles. The van der Waals surface area contributed by atoms with E-state index < -0.39 is 0 Å². The van der Waals surface area contributed by atoms with E-state index in [0.29, 0.717) is 0 Å². The summed E-state index contributed by atoms with van der Waals surface area (Å²) >= 11 is 3.38. The van der Waals surface area contributed by atoms with E-state index in [1.54, 1.807) is 0 Å². The Hall–Kier alpha value is -1.23. The predicted octanol–water partition coefficient (Wildman–Crippen LogP) is 2.46. The van der Waals surface area contributed by atoms with Crippen LogP contribution in [-0.4, -0.2) is 11.0 Å². The molecule has 0 fully saturated rings. The molecule has 18 heavy (non-hydrogen) atoms. The SMILES string of the molecule is NNC(Cc1ccccc1)Cc1ccc(Br)cn1. The number of aromatic nitrogens is 1. The van der Waals surface area contributed by atoms with Crippen molar-refractivity contribution in [2.24, 2.45) is 5.84 Å². The lowest BCUT2D eigenvalue weighted by Gasteiger charge is -2.15. The summed E-state index contributed by atoms with van der Waals surface area (Å²) in [6, 6.07) is 14.5. The van der Waals surface area contributed by atoms with Crippen molar-refractivity contribution in [3.05, 3.63) is 64.4 Å². The molecule has 3 nitrogen and oxygen atoms in total. The van der Waals surface area contributed by atoms with Crippen LogP contribution in [0.1, 0.15) is 11.3 Å². The van der Waals surface area contributed by atoms with E-state index in [0.717, 1.165) is 23.0 Å². The first-order chi connectivity index (χ1) is 8.78. The molecule has 94 valence electrons. The Morgan fingerprint density at radius 3 is 2.50 bits per heavy atom. The molecule has 1 atom stereocenters. The molecule has 1 aromatic carbocycles. The fraction of sp³-hybridized carbons (Fsp3) is 0.214. The number of hydrazine groups is 1. The van der Waals surface area contributed by atoms with Gasteiger partial charge in [0.05, 0.1) is 0 Å². The molecular weight excluding hydrogens is 290 g/mol. The van der Waals surface area contributed by atoms with Crippen molar-refractivity contribution in [3.8, 4) is 0 Å². The third kappa shape index (κ3) is 3.91. The number of hydrogen-bond donors (Lipinski definition) is 2. The largest absolute Gasteiger partial charge is 0.271 e. The molecule has 0 saturated carbocycles. The molecule has 0 radical (unpaired) electrons. The molecular formula is C14H16BrN3. The standard InChI is InChI=1S/C14H16BrN3/c15-12-6-7-13(17-10-12)9-14(18-16)8-11-4-2-1-3-5-11/h1-7,10,14,18H,8-9,16H2. The Balaban J connectivity index is 1.99. The van der Waals surface area contributed by atoms with Crippen molar-refractivity contribution in [1.82, 2.24) is 10.4 Å². The molecule has 0 amide bonds. The third-order valence-corrected chi connectivity index (χ3v) is 3.27. The molecule has 0 saturated heterocycles. The van der Waals surface area contributed by atoms with E-state index in [9.17, 15) is 0 Å². The van der Waals surface area contributed by atoms with E-state index in [1.807, 2.05) is 36.5 Å². The Kier molecular flexibility index (Phi) is 4.87. The number of pyridine rings is 1. The van der Waals surface area contributed by atoms with E-state index in [-0.39, 0.29) is 6.04 Å². The summed E-state index contributed by atoms with van der Waals surface area (Å²) in [4.78, 5) is 4.37. The van der Waals surface area contributed by atoms with Gasteiger partial charge in [-0.25, -0.2) is 0 Å². The second kappa shape index (κ2) is 6.64. The summed E-state index contributed by atoms with van der Waals surface area (Å²) in [5.74, 6) is 5.61. The minimum absolute atomic E-state index is 0.195. The van der Waals surface area contributed by atoms with Crippen LogP contribution in [0.15, 0.2) is 53.1 Å². The average molecular weight is 306 g/mol. The summed E-state index contributed by atoms with van der Waals surface area (Å²) < 4.78 is 0.992. The lowest BCUT2D eigenvalue weighted by Crippen LogP contribution is -2.38. The predicted molar refractivity (Wildman–Crippen MR) is 76.9 cm³/mol. The molecule has 1 unspecified atom stereocenters. The lowest BCUT2D eigenvalue weighted by atomic mass is 10.0. The molecule has 2 rings (SSSR count). The zero-order valence-corrected chi connectivity index (χ0v) is 11.6. The first-order valence-electron chi connectivity index (χ1n) is 5.88. The van der Waals surface area contributed by atoms with Gasteiger partial charge in [-0.05, 0) is 40.0 Å². The molecule has 1 heterocycles. The van der Waals surface area contributed by atoms with Crippen molar-refractivity contribution >= 4 is 15.9 Å². The molecule has 4 heteroatoms. The Labute approximate surface area is 116 Å². The highest BCUT2D eigenvalue weighted by Crippen LogP contribution is 2.10. The normalized spacial score (nSPS) is 12.3. The average Bonchev–Trinajstić information content (AvgIpc) is 2.41. The maximum atomic E-state index is 5.61. The fourth-order valence-electron chi connectivity index (χ4n) is 1.87. The van der Waals surface area contributed by atoms with Crippen LogP contribution in [0.3, 0.4) is 0 Å². The maximum absolute atomic E-state index is 5.61. The van der Waals surface area contributed by atoms with Gasteiger partial charge >= 0.3 is 0 Å². The number of halogens is 1. The van der Waals surface area contributed by atoms with Gasteiger partial charge in [0, 0.05) is 28.8 Å². The van der Waals surface area contributed by atoms with Crippen molar-refractivity contribution in [2.75, 3.05) is 0 Å². The zero-order chi connectivity index (χ0) is 12.8. The summed E-state index contributed by atoms with van der Waals surface area (Å²) in [6.07, 6.45) is 3.53. The van der Waals surface area contributed by atoms with Crippen LogP contribution in [-0.2, 0) is 12.8 Å². The first kappa shape index (κ1) is 13.2. The van der Waals surface area contributed by atoms with Gasteiger partial charge in [0.25, 0.3) is 0 Å². The fourth-order valence-corrected chi connectivity index (χ4v) is 2.10. The second-order valence-corrected chi connectivity index (χ2v) is 5.14. The minimum atomic E-state index is 0.195. The van der Waals surface area contributed by atoms with Gasteiger partial charge in [-0.15, -0.1) is 0 Å². The number of nitrogens with zero attached hydrogens (tertiary/aromatic N) is 1. The van der Waals surface area contributed by atoms with E-state index >= 15 is 0 Å². The topological polar surface area (TPSA) is 50.9 Å². The van der Waals surface area contributed by atoms with Crippen molar-refractivity contribution in [1.29, 1.82) is 0 Å². The number of nitrogens with one attached hydrogen (secondary N) is 1. The van der Waals surface area contributed by atoms with Gasteiger partial charge in [-0.3, -0.25) is 16.3 Å². The lowest BCUT2D eigenvalue weighted by molar-refractivity contribution is 0.517. The van der Waals surface area contributed by atoms with Crippen molar-refractivity contribution in [3.63, 3.8) is 0 Å². The number of benzene rings is 1. The summed E-state index contributed by atoms with van der Waals surface area (Å²) in [5, 5.41) is 0. The Morgan fingerprint density at radius 1 is 1.11 bits per heavy atom. The number of rotatable bonds is 5. The van der Waals surface area contributed by atoms with E-state index in [1.165, 1.54) is 5.56 Å². The van der Waals surface area contributed by atoms with Gasteiger partial charge in [0.15, 0.2) is 0 Å². The van der Waals surface area contributed by atoms with Gasteiger partial charge in [0.1, 0.15) is 0 Å². The first-order valence-corrected chi connectivity index (χ1v) is 6.67. The van der Waals surface area contributed by atoms with Crippen molar-refractivity contribution < 1.29 is 0 Å². The van der Waals surface area contributed by atoms with Gasteiger partial charge < -0.3 is 0 Å². The van der Waals surface area contributed by atoms with Crippen LogP contribution in [0.5, 0.6) is 0 Å². The van der Waals surface area contributed by atoms with Gasteiger partial charge in [-0.1, -0.05) is 30.3 Å². The zero-order valence-electron chi connectivity index (χ0n) is 10.0. The van der Waals surface area contributed by atoms with Crippen LogP contribution < -0.4 is 11.3 Å². The molecule has 3 N–H and O–H groups in total. The molecule has 0 spiro atoms. The Morgan fingerprint density at radius 2 is 1.89 bits per heavy atom. The van der Waals surface area contributed by atoms with Crippen LogP contribution in [0.25, 0.3) is 0 Å². The summed E-state index contributed by atoms with van der Waals surface area (Å²) in [5.41, 5.74) is 5.18. The number of hydrogen-bond acceptors (Lipinski definition) is 3. The van der Waals surface area contributed by atoms with Crippen LogP contribution >= 0.6 is 15.9 Å². The van der Waals surface area contributed by atoms with Crippen LogP contribution in [0.2, 0.25) is 0 Å². The highest BCUT2D eigenvalue weighted by Gasteiger charge is 2.09. The highest BCUT2D eigenvalue weighted by molar-refractivity contribution is 9.10. The minimum Gasteiger partial charge on any atom is -0.271 e. The molecule has 2 aromatic rings. The molecule has 1 aromatic heterocycles. The quantitative estimate of drug-likeness (QED) is 0.659. The van der Waals surface area contributed by atoms with Crippen LogP contribution in [0.4, 0.5) is 0 Å². The van der Waals surface area contributed by atoms with Gasteiger partial charge in [0.2, 0.25) is 0 Å². The van der Waals surface area contributed by atoms with Crippen LogP contribution in [0, 0.1) is 0 Å². The smallest absolute Gasteiger partial charge is 0.0420 e. The maximum Gasteiger partial charge on any atom is 0.0420 e. The van der Waals surface area contributed by atoms with Gasteiger partial charge in [-0.2, -0.15) is 0 Å². The molecule has 0 bridgehead atoms. The number of nitrogens with two attached hydrogens (primary N) is 1. The second-order valence-electron chi connectivity index (χ2n) is 4.23. The summed E-state index contributed by atoms with van der Waals surface area (Å²) in [7, 11) is 0. The summed E-state index contributed by atoms with van der Waals surface area (Å²) in [6.45, 7) is 0. The monoisotopic (exact) mass is 305 g/mol. The van der Waals surface area contributed by atoms with E-state index in [2.05, 4.69) is 38.5 Å². The third-order valence-electron chi connectivity index (χ3n) is 2.80. The Bertz CT molecular complexity index is 470.